The fraction of sp³-hybridized carbons (Fsp3) is 0.361. The van der Waals surface area contributed by atoms with Crippen molar-refractivity contribution in [3.05, 3.63) is 115 Å². The number of pyridine rings is 1. The first-order valence-corrected chi connectivity index (χ1v) is 16.2. The van der Waals surface area contributed by atoms with Crippen LogP contribution in [0.15, 0.2) is 82.9 Å². The lowest BCUT2D eigenvalue weighted by atomic mass is 9.74. The van der Waals surface area contributed by atoms with Gasteiger partial charge in [-0.25, -0.2) is 9.59 Å². The number of rotatable bonds is 14. The zero-order chi connectivity index (χ0) is 36.3. The molecule has 0 unspecified atom stereocenters. The number of ether oxygens (including phenoxy) is 1. The second kappa shape index (κ2) is 14.9. The van der Waals surface area contributed by atoms with Gasteiger partial charge in [0, 0.05) is 37.1 Å². The van der Waals surface area contributed by atoms with Crippen LogP contribution in [0.4, 0.5) is 5.69 Å². The Balaban J connectivity index is 1.28. The molecule has 3 aromatic rings. The minimum absolute atomic E-state index is 0.00200. The second-order valence-electron chi connectivity index (χ2n) is 12.9. The van der Waals surface area contributed by atoms with Gasteiger partial charge in [-0.15, -0.1) is 0 Å². The molecule has 3 heterocycles. The van der Waals surface area contributed by atoms with Crippen molar-refractivity contribution in [1.82, 2.24) is 14.5 Å². The Kier molecular flexibility index (Phi) is 10.6. The Labute approximate surface area is 287 Å². The first-order valence-electron chi connectivity index (χ1n) is 16.2. The monoisotopic (exact) mass is 686 g/mol. The number of nitro groups is 1. The predicted molar refractivity (Wildman–Crippen MR) is 179 cm³/mol. The van der Waals surface area contributed by atoms with Crippen LogP contribution in [-0.4, -0.2) is 74.4 Å². The Hall–Kier alpha value is -5.63. The van der Waals surface area contributed by atoms with Crippen LogP contribution in [0.1, 0.15) is 48.8 Å². The van der Waals surface area contributed by atoms with Gasteiger partial charge < -0.3 is 19.6 Å². The van der Waals surface area contributed by atoms with Crippen LogP contribution in [0.2, 0.25) is 0 Å². The highest BCUT2D eigenvalue weighted by Gasteiger charge is 2.59. The van der Waals surface area contributed by atoms with Crippen molar-refractivity contribution in [1.29, 1.82) is 0 Å². The zero-order valence-electron chi connectivity index (χ0n) is 28.1. The molecule has 14 nitrogen and oxygen atoms in total. The molecular formula is C36H38N4O10. The highest BCUT2D eigenvalue weighted by atomic mass is 16.7. The smallest absolute Gasteiger partial charge is 0.362 e. The van der Waals surface area contributed by atoms with E-state index in [0.717, 1.165) is 17.7 Å². The summed E-state index contributed by atoms with van der Waals surface area (Å²) >= 11 is 0. The summed E-state index contributed by atoms with van der Waals surface area (Å²) < 4.78 is 6.47. The van der Waals surface area contributed by atoms with Gasteiger partial charge in [0.2, 0.25) is 11.3 Å². The molecule has 2 aliphatic heterocycles. The third-order valence-electron chi connectivity index (χ3n) is 9.04. The number of amides is 1. The van der Waals surface area contributed by atoms with E-state index >= 15 is 0 Å². The van der Waals surface area contributed by atoms with Crippen LogP contribution in [0.5, 0.6) is 5.75 Å². The number of ketones is 1. The number of β-lactam (4-membered cyclic amide) rings is 1. The zero-order valence-corrected chi connectivity index (χ0v) is 28.1. The number of fused-ring (bicyclic) bond motifs is 1. The lowest BCUT2D eigenvalue weighted by Gasteiger charge is -2.47. The van der Waals surface area contributed by atoms with Gasteiger partial charge >= 0.3 is 11.9 Å². The van der Waals surface area contributed by atoms with E-state index in [1.165, 1.54) is 34.0 Å². The average Bonchev–Trinajstić information content (AvgIpc) is 3.31. The molecule has 1 aromatic heterocycles. The van der Waals surface area contributed by atoms with Crippen LogP contribution < -0.4 is 10.3 Å². The molecule has 1 saturated heterocycles. The topological polar surface area (TPSA) is 179 Å². The molecule has 0 radical (unpaired) electrons. The van der Waals surface area contributed by atoms with Gasteiger partial charge in [0.05, 0.1) is 40.9 Å². The van der Waals surface area contributed by atoms with Crippen molar-refractivity contribution in [2.45, 2.75) is 46.3 Å². The fourth-order valence-corrected chi connectivity index (χ4v) is 6.50. The molecule has 1 N–H and O–H groups in total. The summed E-state index contributed by atoms with van der Waals surface area (Å²) in [4.78, 5) is 84.2. The van der Waals surface area contributed by atoms with Crippen molar-refractivity contribution in [3.63, 3.8) is 0 Å². The average molecular weight is 687 g/mol. The van der Waals surface area contributed by atoms with Crippen LogP contribution in [0.3, 0.4) is 0 Å². The number of aromatic hydroxyl groups is 1. The molecule has 0 aliphatic carbocycles. The van der Waals surface area contributed by atoms with Gasteiger partial charge in [0.25, 0.3) is 5.69 Å². The summed E-state index contributed by atoms with van der Waals surface area (Å²) in [6, 6.07) is 14.8. The van der Waals surface area contributed by atoms with Gasteiger partial charge in [0.15, 0.2) is 5.75 Å². The number of non-ortho nitro benzene ring substituents is 1. The van der Waals surface area contributed by atoms with E-state index in [2.05, 4.69) is 0 Å². The number of nitro benzene ring substituents is 1. The molecule has 50 heavy (non-hydrogen) atoms. The maximum atomic E-state index is 13.5. The van der Waals surface area contributed by atoms with Crippen molar-refractivity contribution < 1.29 is 38.8 Å². The number of likely N-dealkylation sites (N-methyl/N-ethyl adjacent to an activating group) is 1. The molecule has 0 spiro atoms. The molecule has 2 aliphatic rings. The van der Waals surface area contributed by atoms with E-state index in [0.29, 0.717) is 11.3 Å². The molecule has 5 rings (SSSR count). The van der Waals surface area contributed by atoms with Gasteiger partial charge in [-0.2, -0.15) is 4.73 Å². The van der Waals surface area contributed by atoms with Gasteiger partial charge in [-0.3, -0.25) is 29.4 Å². The number of aryl methyl sites for hydroxylation is 1. The first-order chi connectivity index (χ1) is 23.8. The molecule has 0 bridgehead atoms. The van der Waals surface area contributed by atoms with Crippen molar-refractivity contribution in [2.75, 3.05) is 20.1 Å². The quantitative estimate of drug-likeness (QED) is 0.0865. The normalized spacial score (nSPS) is 18.2. The number of benzene rings is 2. The van der Waals surface area contributed by atoms with E-state index in [1.807, 2.05) is 51.1 Å². The summed E-state index contributed by atoms with van der Waals surface area (Å²) in [5.74, 6) is -3.58. The Morgan fingerprint density at radius 3 is 2.36 bits per heavy atom. The van der Waals surface area contributed by atoms with Crippen molar-refractivity contribution in [2.24, 2.45) is 17.8 Å². The summed E-state index contributed by atoms with van der Waals surface area (Å²) in [5.41, 5.74) is 0.870. The molecule has 0 saturated carbocycles. The second-order valence-corrected chi connectivity index (χ2v) is 12.9. The lowest BCUT2D eigenvalue weighted by Crippen LogP contribution is -2.62. The molecule has 14 heteroatoms. The van der Waals surface area contributed by atoms with Crippen LogP contribution in [0.25, 0.3) is 0 Å². The van der Waals surface area contributed by atoms with Gasteiger partial charge in [0.1, 0.15) is 18.1 Å². The number of aromatic nitrogens is 1. The van der Waals surface area contributed by atoms with Crippen LogP contribution in [0, 0.1) is 27.9 Å². The van der Waals surface area contributed by atoms with E-state index in [9.17, 15) is 39.2 Å². The minimum atomic E-state index is -1.02. The lowest BCUT2D eigenvalue weighted by molar-refractivity contribution is -0.384. The first kappa shape index (κ1) is 35.7. The molecule has 1 fully saturated rings. The number of esters is 2. The third-order valence-corrected chi connectivity index (χ3v) is 9.04. The molecule has 1 amide bonds. The number of carbonyl (C=O) groups excluding carboxylic acids is 4. The van der Waals surface area contributed by atoms with E-state index in [-0.39, 0.29) is 85.0 Å². The van der Waals surface area contributed by atoms with E-state index < -0.39 is 28.0 Å². The standard InChI is InChI=1S/C36H38N4O10/c1-21(2)31-32-22(3)28(33(39(32)34(31)44)36(46)50-35(45)24-10-12-25(13-11-24)40(47)48)18-37(4)17-27(41)15-14-26-16-29(42)30(43)19-38(26)49-20-23-8-6-5-7-9-23/h5-13,16,19,21-22,31-32,43H,14-15,17-18,20H2,1-4H3/t22-,31+,32+/m0/s1. The maximum absolute atomic E-state index is 13.5. The van der Waals surface area contributed by atoms with Crippen molar-refractivity contribution >= 4 is 29.3 Å². The number of nitrogens with zero attached hydrogens (tertiary/aromatic N) is 4. The van der Waals surface area contributed by atoms with Gasteiger partial charge in [-0.05, 0) is 42.7 Å². The minimum Gasteiger partial charge on any atom is -0.503 e. The molecule has 3 atom stereocenters. The Morgan fingerprint density at radius 2 is 1.72 bits per heavy atom. The highest BCUT2D eigenvalue weighted by Crippen LogP contribution is 2.48. The van der Waals surface area contributed by atoms with Crippen LogP contribution >= 0.6 is 0 Å². The van der Waals surface area contributed by atoms with Gasteiger partial charge in [-0.1, -0.05) is 51.1 Å². The molecule has 2 aromatic carbocycles. The number of hydrogen-bond donors (Lipinski definition) is 1. The highest BCUT2D eigenvalue weighted by molar-refractivity contribution is 6.06. The largest absolute Gasteiger partial charge is 0.503 e. The summed E-state index contributed by atoms with van der Waals surface area (Å²) in [7, 11) is 1.69. The number of hydrogen-bond acceptors (Lipinski definition) is 11. The van der Waals surface area contributed by atoms with Crippen LogP contribution in [-0.2, 0) is 32.1 Å². The Bertz CT molecular complexity index is 1900. The number of Topliss-reactive ketones (excluding diaryl/α,β-unsaturated/α-hetero) is 1. The van der Waals surface area contributed by atoms with E-state index in [1.54, 1.807) is 11.9 Å². The third kappa shape index (κ3) is 7.49. The Morgan fingerprint density at radius 1 is 1.04 bits per heavy atom. The SMILES string of the molecule is CC(C)[C@H]1C(=O)N2C(C(=O)OC(=O)c3ccc([N+](=O)[O-])cc3)=C(CN(C)CC(=O)CCc3cc(=O)c(O)cn3OCc3ccccc3)[C@H](C)[C@H]12. The predicted octanol–water partition coefficient (Wildman–Crippen LogP) is 3.29. The summed E-state index contributed by atoms with van der Waals surface area (Å²) in [6.45, 7) is 6.00. The molecular weight excluding hydrogens is 648 g/mol. The molecule has 262 valence electrons. The fourth-order valence-electron chi connectivity index (χ4n) is 6.50. The van der Waals surface area contributed by atoms with E-state index in [4.69, 9.17) is 9.57 Å². The summed E-state index contributed by atoms with van der Waals surface area (Å²) in [5, 5.41) is 21.0. The summed E-state index contributed by atoms with van der Waals surface area (Å²) in [6.07, 6.45) is 1.37. The van der Waals surface area contributed by atoms with Crippen molar-refractivity contribution in [3.8, 4) is 5.75 Å². The maximum Gasteiger partial charge on any atom is 0.362 e. The number of carbonyl (C=O) groups is 4.